The van der Waals surface area contributed by atoms with E-state index < -0.39 is 5.91 Å². The van der Waals surface area contributed by atoms with Crippen molar-refractivity contribution >= 4 is 17.5 Å². The molecule has 7 heteroatoms. The van der Waals surface area contributed by atoms with Crippen molar-refractivity contribution in [2.24, 2.45) is 5.73 Å². The molecule has 0 unspecified atom stereocenters. The molecule has 7 nitrogen and oxygen atoms in total. The maximum Gasteiger partial charge on any atom is 0.258 e. The monoisotopic (exact) mass is 342 g/mol. The molecule has 2 N–H and O–H groups in total. The van der Waals surface area contributed by atoms with Crippen LogP contribution in [-0.2, 0) is 4.79 Å². The van der Waals surface area contributed by atoms with E-state index in [2.05, 4.69) is 0 Å². The highest BCUT2D eigenvalue weighted by molar-refractivity contribution is 6.07. The summed E-state index contributed by atoms with van der Waals surface area (Å²) in [5.41, 5.74) is 6.25. The van der Waals surface area contributed by atoms with Crippen molar-refractivity contribution in [1.82, 2.24) is 0 Å². The summed E-state index contributed by atoms with van der Waals surface area (Å²) in [5.74, 6) is 0.618. The lowest BCUT2D eigenvalue weighted by Gasteiger charge is -2.29. The van der Waals surface area contributed by atoms with Gasteiger partial charge in [-0.25, -0.2) is 0 Å². The number of benzene rings is 2. The van der Waals surface area contributed by atoms with Crippen LogP contribution in [0.2, 0.25) is 0 Å². The summed E-state index contributed by atoms with van der Waals surface area (Å²) in [6, 6.07) is 12.2. The number of primary amides is 1. The first-order valence-electron chi connectivity index (χ1n) is 7.73. The summed E-state index contributed by atoms with van der Waals surface area (Å²) < 4.78 is 16.1. The van der Waals surface area contributed by atoms with Crippen LogP contribution in [0, 0.1) is 0 Å². The second-order valence-corrected chi connectivity index (χ2v) is 5.39. The number of hydrogen-bond acceptors (Lipinski definition) is 5. The van der Waals surface area contributed by atoms with E-state index in [0.717, 1.165) is 5.69 Å². The van der Waals surface area contributed by atoms with Crippen LogP contribution in [0.4, 0.5) is 5.69 Å². The van der Waals surface area contributed by atoms with E-state index in [0.29, 0.717) is 36.0 Å². The first-order valence-corrected chi connectivity index (χ1v) is 7.73. The number of carbonyl (C=O) groups excluding carboxylic acids is 2. The van der Waals surface area contributed by atoms with Crippen LogP contribution in [0.3, 0.4) is 0 Å². The van der Waals surface area contributed by atoms with Crippen molar-refractivity contribution in [3.63, 3.8) is 0 Å². The lowest BCUT2D eigenvalue weighted by molar-refractivity contribution is -0.119. The Hall–Kier alpha value is -3.22. The Morgan fingerprint density at radius 3 is 2.76 bits per heavy atom. The first-order chi connectivity index (χ1) is 12.1. The minimum absolute atomic E-state index is 0.171. The zero-order valence-corrected chi connectivity index (χ0v) is 13.7. The predicted octanol–water partition coefficient (Wildman–Crippen LogP) is 1.60. The molecule has 0 radical (unpaired) electrons. The first kappa shape index (κ1) is 16.6. The highest BCUT2D eigenvalue weighted by atomic mass is 16.5. The zero-order chi connectivity index (χ0) is 17.8. The van der Waals surface area contributed by atoms with Gasteiger partial charge >= 0.3 is 0 Å². The third kappa shape index (κ3) is 3.50. The molecule has 0 saturated heterocycles. The number of hydrogen-bond donors (Lipinski definition) is 1. The summed E-state index contributed by atoms with van der Waals surface area (Å²) in [7, 11) is 1.46. The fourth-order valence-electron chi connectivity index (χ4n) is 2.61. The van der Waals surface area contributed by atoms with Gasteiger partial charge in [0.1, 0.15) is 12.4 Å². The molecule has 1 heterocycles. The molecule has 2 aromatic rings. The fraction of sp³-hybridized carbons (Fsp3) is 0.222. The van der Waals surface area contributed by atoms with Crippen LogP contribution < -0.4 is 24.8 Å². The molecule has 0 fully saturated rings. The van der Waals surface area contributed by atoms with Crippen LogP contribution in [0.15, 0.2) is 42.5 Å². The molecule has 1 aliphatic heterocycles. The Balaban J connectivity index is 1.87. The maximum absolute atomic E-state index is 12.9. The van der Waals surface area contributed by atoms with Gasteiger partial charge in [-0.1, -0.05) is 12.1 Å². The molecule has 2 amide bonds. The minimum atomic E-state index is -0.591. The van der Waals surface area contributed by atoms with Gasteiger partial charge in [-0.05, 0) is 30.3 Å². The summed E-state index contributed by atoms with van der Waals surface area (Å²) >= 11 is 0. The second-order valence-electron chi connectivity index (χ2n) is 5.39. The number of amides is 2. The standard InChI is InChI=1S/C18H18N2O5/c1-23-16-10-12(6-7-15(16)25-11-17(19)21)18(22)20-8-9-24-14-5-3-2-4-13(14)20/h2-7,10H,8-9,11H2,1H3,(H2,19,21). The van der Waals surface area contributed by atoms with Crippen molar-refractivity contribution in [3.05, 3.63) is 48.0 Å². The molecule has 0 saturated carbocycles. The highest BCUT2D eigenvalue weighted by Crippen LogP contribution is 2.33. The topological polar surface area (TPSA) is 91.1 Å². The van der Waals surface area contributed by atoms with Gasteiger partial charge in [0.05, 0.1) is 19.3 Å². The number of anilines is 1. The molecule has 0 aromatic heterocycles. The summed E-state index contributed by atoms with van der Waals surface area (Å²) in [6.07, 6.45) is 0. The third-order valence-corrected chi connectivity index (χ3v) is 3.75. The number of nitrogens with two attached hydrogens (primary N) is 1. The third-order valence-electron chi connectivity index (χ3n) is 3.75. The predicted molar refractivity (Wildman–Crippen MR) is 91.3 cm³/mol. The number of ether oxygens (including phenoxy) is 3. The fourth-order valence-corrected chi connectivity index (χ4v) is 2.61. The highest BCUT2D eigenvalue weighted by Gasteiger charge is 2.25. The Morgan fingerprint density at radius 1 is 1.20 bits per heavy atom. The maximum atomic E-state index is 12.9. The molecule has 2 aromatic carbocycles. The lowest BCUT2D eigenvalue weighted by Crippen LogP contribution is -2.37. The number of methoxy groups -OCH3 is 1. The molecule has 0 aliphatic carbocycles. The molecule has 0 atom stereocenters. The van der Waals surface area contributed by atoms with E-state index in [1.165, 1.54) is 7.11 Å². The van der Waals surface area contributed by atoms with Crippen molar-refractivity contribution < 1.29 is 23.8 Å². The number of para-hydroxylation sites is 2. The van der Waals surface area contributed by atoms with Crippen LogP contribution in [0.25, 0.3) is 0 Å². The van der Waals surface area contributed by atoms with E-state index in [9.17, 15) is 9.59 Å². The van der Waals surface area contributed by atoms with Crippen LogP contribution >= 0.6 is 0 Å². The van der Waals surface area contributed by atoms with E-state index in [4.69, 9.17) is 19.9 Å². The average molecular weight is 342 g/mol. The van der Waals surface area contributed by atoms with Crippen molar-refractivity contribution in [3.8, 4) is 17.2 Å². The van der Waals surface area contributed by atoms with Gasteiger partial charge in [-0.3, -0.25) is 9.59 Å². The van der Waals surface area contributed by atoms with E-state index in [1.54, 1.807) is 23.1 Å². The van der Waals surface area contributed by atoms with E-state index in [1.807, 2.05) is 24.3 Å². The largest absolute Gasteiger partial charge is 0.493 e. The molecule has 130 valence electrons. The number of fused-ring (bicyclic) bond motifs is 1. The Bertz CT molecular complexity index is 806. The summed E-state index contributed by atoms with van der Waals surface area (Å²) in [5, 5.41) is 0. The smallest absolute Gasteiger partial charge is 0.258 e. The zero-order valence-electron chi connectivity index (χ0n) is 13.7. The Morgan fingerprint density at radius 2 is 2.00 bits per heavy atom. The van der Waals surface area contributed by atoms with Gasteiger partial charge in [0.2, 0.25) is 0 Å². The summed E-state index contributed by atoms with van der Waals surface area (Å²) in [6.45, 7) is 0.623. The van der Waals surface area contributed by atoms with Gasteiger partial charge < -0.3 is 24.8 Å². The van der Waals surface area contributed by atoms with Crippen molar-refractivity contribution in [2.45, 2.75) is 0 Å². The lowest BCUT2D eigenvalue weighted by atomic mass is 10.1. The molecule has 25 heavy (non-hydrogen) atoms. The van der Waals surface area contributed by atoms with Crippen molar-refractivity contribution in [2.75, 3.05) is 31.8 Å². The molecule has 3 rings (SSSR count). The van der Waals surface area contributed by atoms with Crippen LogP contribution in [-0.4, -0.2) is 38.7 Å². The number of rotatable bonds is 5. The normalized spacial score (nSPS) is 12.8. The van der Waals surface area contributed by atoms with Crippen LogP contribution in [0.1, 0.15) is 10.4 Å². The molecule has 0 spiro atoms. The number of carbonyl (C=O) groups is 2. The van der Waals surface area contributed by atoms with Gasteiger partial charge in [-0.15, -0.1) is 0 Å². The van der Waals surface area contributed by atoms with Gasteiger partial charge in [-0.2, -0.15) is 0 Å². The molecular formula is C18H18N2O5. The molecule has 1 aliphatic rings. The molecule has 0 bridgehead atoms. The summed E-state index contributed by atoms with van der Waals surface area (Å²) in [4.78, 5) is 25.4. The van der Waals surface area contributed by atoms with E-state index >= 15 is 0 Å². The van der Waals surface area contributed by atoms with Crippen molar-refractivity contribution in [1.29, 1.82) is 0 Å². The van der Waals surface area contributed by atoms with Gasteiger partial charge in [0.15, 0.2) is 18.1 Å². The SMILES string of the molecule is COc1cc(C(=O)N2CCOc3ccccc32)ccc1OCC(N)=O. The average Bonchev–Trinajstić information content (AvgIpc) is 2.65. The number of nitrogens with zero attached hydrogens (tertiary/aromatic N) is 1. The van der Waals surface area contributed by atoms with E-state index in [-0.39, 0.29) is 12.5 Å². The minimum Gasteiger partial charge on any atom is -0.493 e. The second kappa shape index (κ2) is 7.12. The quantitative estimate of drug-likeness (QED) is 0.891. The van der Waals surface area contributed by atoms with Crippen LogP contribution in [0.5, 0.6) is 17.2 Å². The van der Waals surface area contributed by atoms with Gasteiger partial charge in [0, 0.05) is 5.56 Å². The molecular weight excluding hydrogens is 324 g/mol. The Kier molecular flexibility index (Phi) is 4.74. The van der Waals surface area contributed by atoms with Gasteiger partial charge in [0.25, 0.3) is 11.8 Å². The Labute approximate surface area is 144 Å².